The van der Waals surface area contributed by atoms with E-state index in [-0.39, 0.29) is 0 Å². The Balaban J connectivity index is 2.05. The largest absolute Gasteiger partial charge is 0.381 e. The van der Waals surface area contributed by atoms with Crippen molar-refractivity contribution in [3.63, 3.8) is 0 Å². The van der Waals surface area contributed by atoms with Crippen LogP contribution in [0.2, 0.25) is 0 Å². The second kappa shape index (κ2) is 5.63. The van der Waals surface area contributed by atoms with Crippen molar-refractivity contribution in [1.29, 1.82) is 0 Å². The maximum Gasteiger partial charge on any atom is 0.0538 e. The molecule has 2 nitrogen and oxygen atoms in total. The second-order valence-electron chi connectivity index (χ2n) is 4.45. The molecule has 1 unspecified atom stereocenters. The zero-order valence-electron chi connectivity index (χ0n) is 9.59. The van der Waals surface area contributed by atoms with Crippen molar-refractivity contribution in [2.45, 2.75) is 19.8 Å². The number of hydrogen-bond donors (Lipinski definition) is 1. The molecule has 0 bridgehead atoms. The zero-order valence-corrected chi connectivity index (χ0v) is 12.0. The standard InChI is InChI=1S/C12H18BrNOS/c1-2-14-8-12(4-5-15-9-12)7-11-10(13)3-6-16-11/h3,6,14H,2,4-5,7-9H2,1H3. The normalized spacial score (nSPS) is 25.1. The van der Waals surface area contributed by atoms with Crippen molar-refractivity contribution in [1.82, 2.24) is 5.32 Å². The molecule has 1 N–H and O–H groups in total. The van der Waals surface area contributed by atoms with Gasteiger partial charge in [0.1, 0.15) is 0 Å². The van der Waals surface area contributed by atoms with Crippen LogP contribution in [0.5, 0.6) is 0 Å². The highest BCUT2D eigenvalue weighted by Crippen LogP contribution is 2.36. The number of nitrogens with one attached hydrogen (secondary N) is 1. The molecule has 1 aromatic rings. The summed E-state index contributed by atoms with van der Waals surface area (Å²) in [6, 6.07) is 2.14. The van der Waals surface area contributed by atoms with E-state index in [0.717, 1.165) is 32.7 Å². The molecular weight excluding hydrogens is 286 g/mol. The SMILES string of the molecule is CCNCC1(Cc2sccc2Br)CCOC1. The Morgan fingerprint density at radius 1 is 1.62 bits per heavy atom. The van der Waals surface area contributed by atoms with Crippen LogP contribution in [0.15, 0.2) is 15.9 Å². The molecule has 1 atom stereocenters. The van der Waals surface area contributed by atoms with Gasteiger partial charge in [0.05, 0.1) is 6.61 Å². The van der Waals surface area contributed by atoms with Crippen molar-refractivity contribution in [3.8, 4) is 0 Å². The monoisotopic (exact) mass is 303 g/mol. The summed E-state index contributed by atoms with van der Waals surface area (Å²) >= 11 is 5.45. The molecule has 2 rings (SSSR count). The molecule has 0 saturated carbocycles. The predicted octanol–water partition coefficient (Wildman–Crippen LogP) is 3.07. The zero-order chi connectivity index (χ0) is 11.4. The van der Waals surface area contributed by atoms with Gasteiger partial charge in [0, 0.05) is 27.9 Å². The Morgan fingerprint density at radius 2 is 2.50 bits per heavy atom. The van der Waals surface area contributed by atoms with E-state index in [4.69, 9.17) is 4.74 Å². The third-order valence-corrected chi connectivity index (χ3v) is 5.09. The lowest BCUT2D eigenvalue weighted by atomic mass is 9.83. The van der Waals surface area contributed by atoms with Crippen LogP contribution in [-0.2, 0) is 11.2 Å². The van der Waals surface area contributed by atoms with Crippen LogP contribution in [0, 0.1) is 5.41 Å². The summed E-state index contributed by atoms with van der Waals surface area (Å²) in [6.45, 7) is 6.06. The van der Waals surface area contributed by atoms with Crippen molar-refractivity contribution in [2.24, 2.45) is 5.41 Å². The van der Waals surface area contributed by atoms with Crippen molar-refractivity contribution < 1.29 is 4.74 Å². The van der Waals surface area contributed by atoms with Crippen LogP contribution < -0.4 is 5.32 Å². The molecule has 1 aromatic heterocycles. The maximum absolute atomic E-state index is 5.60. The first kappa shape index (κ1) is 12.6. The minimum absolute atomic E-state index is 0.309. The molecule has 1 aliphatic heterocycles. The third kappa shape index (κ3) is 2.86. The van der Waals surface area contributed by atoms with E-state index in [1.54, 1.807) is 0 Å². The smallest absolute Gasteiger partial charge is 0.0538 e. The van der Waals surface area contributed by atoms with Gasteiger partial charge in [-0.05, 0) is 46.8 Å². The van der Waals surface area contributed by atoms with Crippen molar-refractivity contribution in [2.75, 3.05) is 26.3 Å². The lowest BCUT2D eigenvalue weighted by molar-refractivity contribution is 0.150. The van der Waals surface area contributed by atoms with Gasteiger partial charge in [-0.1, -0.05) is 6.92 Å². The lowest BCUT2D eigenvalue weighted by Gasteiger charge is -2.27. The quantitative estimate of drug-likeness (QED) is 0.902. The average molecular weight is 304 g/mol. The summed E-state index contributed by atoms with van der Waals surface area (Å²) in [5, 5.41) is 5.62. The fraction of sp³-hybridized carbons (Fsp3) is 0.667. The van der Waals surface area contributed by atoms with E-state index in [1.165, 1.54) is 15.8 Å². The number of hydrogen-bond acceptors (Lipinski definition) is 3. The molecule has 0 aromatic carbocycles. The minimum Gasteiger partial charge on any atom is -0.381 e. The topological polar surface area (TPSA) is 21.3 Å². The van der Waals surface area contributed by atoms with Gasteiger partial charge in [0.2, 0.25) is 0 Å². The van der Waals surface area contributed by atoms with E-state index >= 15 is 0 Å². The first-order chi connectivity index (χ1) is 7.76. The van der Waals surface area contributed by atoms with E-state index in [9.17, 15) is 0 Å². The molecule has 16 heavy (non-hydrogen) atoms. The summed E-state index contributed by atoms with van der Waals surface area (Å²) in [6.07, 6.45) is 2.29. The molecule has 0 radical (unpaired) electrons. The first-order valence-corrected chi connectivity index (χ1v) is 7.43. The maximum atomic E-state index is 5.60. The highest BCUT2D eigenvalue weighted by atomic mass is 79.9. The summed E-state index contributed by atoms with van der Waals surface area (Å²) < 4.78 is 6.85. The van der Waals surface area contributed by atoms with Crippen LogP contribution in [-0.4, -0.2) is 26.3 Å². The Hall–Kier alpha value is 0.1000. The van der Waals surface area contributed by atoms with Gasteiger partial charge in [-0.15, -0.1) is 11.3 Å². The number of halogens is 1. The van der Waals surface area contributed by atoms with Gasteiger partial charge in [-0.2, -0.15) is 0 Å². The van der Waals surface area contributed by atoms with E-state index in [0.29, 0.717) is 5.41 Å². The van der Waals surface area contributed by atoms with Crippen molar-refractivity contribution in [3.05, 3.63) is 20.8 Å². The Labute approximate surface area is 110 Å². The first-order valence-electron chi connectivity index (χ1n) is 5.76. The molecule has 2 heterocycles. The molecular formula is C12H18BrNOS. The number of thiophene rings is 1. The third-order valence-electron chi connectivity index (χ3n) is 3.16. The Bertz CT molecular complexity index is 334. The molecule has 0 aliphatic carbocycles. The van der Waals surface area contributed by atoms with Crippen LogP contribution in [0.3, 0.4) is 0 Å². The predicted molar refractivity (Wildman–Crippen MR) is 72.1 cm³/mol. The number of ether oxygens (including phenoxy) is 1. The Kier molecular flexibility index (Phi) is 4.41. The van der Waals surface area contributed by atoms with Crippen LogP contribution in [0.1, 0.15) is 18.2 Å². The minimum atomic E-state index is 0.309. The van der Waals surface area contributed by atoms with Gasteiger partial charge in [-0.25, -0.2) is 0 Å². The summed E-state index contributed by atoms with van der Waals surface area (Å²) in [4.78, 5) is 1.45. The molecule has 1 aliphatic rings. The van der Waals surface area contributed by atoms with Crippen LogP contribution in [0.25, 0.3) is 0 Å². The molecule has 0 spiro atoms. The molecule has 1 saturated heterocycles. The van der Waals surface area contributed by atoms with Gasteiger partial charge >= 0.3 is 0 Å². The molecule has 1 fully saturated rings. The van der Waals surface area contributed by atoms with Gasteiger partial charge < -0.3 is 10.1 Å². The molecule has 4 heteroatoms. The van der Waals surface area contributed by atoms with E-state index in [2.05, 4.69) is 39.6 Å². The lowest BCUT2D eigenvalue weighted by Crippen LogP contribution is -2.36. The molecule has 90 valence electrons. The summed E-state index contributed by atoms with van der Waals surface area (Å²) in [5.41, 5.74) is 0.309. The fourth-order valence-corrected chi connectivity index (χ4v) is 3.84. The van der Waals surface area contributed by atoms with E-state index < -0.39 is 0 Å². The highest BCUT2D eigenvalue weighted by Gasteiger charge is 2.35. The van der Waals surface area contributed by atoms with Gasteiger partial charge in [-0.3, -0.25) is 0 Å². The van der Waals surface area contributed by atoms with E-state index in [1.807, 2.05) is 11.3 Å². The average Bonchev–Trinajstić information content (AvgIpc) is 2.88. The van der Waals surface area contributed by atoms with Crippen LogP contribution in [0.4, 0.5) is 0 Å². The van der Waals surface area contributed by atoms with Crippen molar-refractivity contribution >= 4 is 27.3 Å². The number of rotatable bonds is 5. The second-order valence-corrected chi connectivity index (χ2v) is 6.31. The van der Waals surface area contributed by atoms with Gasteiger partial charge in [0.15, 0.2) is 0 Å². The molecule has 0 amide bonds. The fourth-order valence-electron chi connectivity index (χ4n) is 2.17. The highest BCUT2D eigenvalue weighted by molar-refractivity contribution is 9.10. The Morgan fingerprint density at radius 3 is 3.06 bits per heavy atom. The summed E-state index contributed by atoms with van der Waals surface area (Å²) in [7, 11) is 0. The summed E-state index contributed by atoms with van der Waals surface area (Å²) in [5.74, 6) is 0. The van der Waals surface area contributed by atoms with Crippen LogP contribution >= 0.6 is 27.3 Å². The van der Waals surface area contributed by atoms with Gasteiger partial charge in [0.25, 0.3) is 0 Å².